The normalized spacial score (nSPS) is 16.2. The maximum absolute atomic E-state index is 6.49. The van der Waals surface area contributed by atoms with Gasteiger partial charge in [0.1, 0.15) is 6.17 Å². The maximum Gasteiger partial charge on any atom is 0.213 e. The van der Waals surface area contributed by atoms with Gasteiger partial charge in [-0.25, -0.2) is 9.99 Å². The summed E-state index contributed by atoms with van der Waals surface area (Å²) in [7, 11) is 1.59. The van der Waals surface area contributed by atoms with Crippen LogP contribution in [0.1, 0.15) is 22.9 Å². The number of anilines is 1. The van der Waals surface area contributed by atoms with Crippen molar-refractivity contribution < 1.29 is 4.74 Å². The number of nitrogens with two attached hydrogens (primary N) is 1. The molecule has 2 N–H and O–H groups in total. The fourth-order valence-electron chi connectivity index (χ4n) is 2.98. The molecule has 2 aromatic carbocycles. The van der Waals surface area contributed by atoms with Crippen molar-refractivity contribution in [3.05, 3.63) is 89.6 Å². The highest BCUT2D eigenvalue weighted by molar-refractivity contribution is 6.14. The summed E-state index contributed by atoms with van der Waals surface area (Å²) in [5.41, 5.74) is 11.3. The summed E-state index contributed by atoms with van der Waals surface area (Å²) in [6.07, 6.45) is 1.34. The third-order valence-electron chi connectivity index (χ3n) is 4.25. The molecule has 0 spiro atoms. The van der Waals surface area contributed by atoms with E-state index in [9.17, 15) is 0 Å². The second kappa shape index (κ2) is 6.37. The van der Waals surface area contributed by atoms with E-state index in [1.54, 1.807) is 24.4 Å². The molecule has 5 heteroatoms. The minimum atomic E-state index is -0.376. The molecule has 1 aliphatic heterocycles. The average Bonchev–Trinajstić information content (AvgIpc) is 2.69. The predicted molar refractivity (Wildman–Crippen MR) is 98.7 cm³/mol. The highest BCUT2D eigenvalue weighted by atomic mass is 16.5. The highest BCUT2D eigenvalue weighted by Crippen LogP contribution is 2.32. The summed E-state index contributed by atoms with van der Waals surface area (Å²) in [5, 5.41) is 6.65. The summed E-state index contributed by atoms with van der Waals surface area (Å²) >= 11 is 0. The molecule has 0 aliphatic carbocycles. The van der Waals surface area contributed by atoms with Crippen LogP contribution in [-0.4, -0.2) is 17.8 Å². The molecule has 1 aliphatic rings. The number of hydrazone groups is 1. The number of hydrogen-bond donors (Lipinski definition) is 1. The van der Waals surface area contributed by atoms with Crippen LogP contribution in [0, 0.1) is 0 Å². The maximum atomic E-state index is 6.49. The Kier molecular flexibility index (Phi) is 3.91. The monoisotopic (exact) mass is 330 g/mol. The number of hydrogen-bond acceptors (Lipinski definition) is 5. The molecule has 0 amide bonds. The van der Waals surface area contributed by atoms with Crippen LogP contribution in [0.4, 0.5) is 5.69 Å². The molecule has 1 atom stereocenters. The number of fused-ring (bicyclic) bond motifs is 1. The summed E-state index contributed by atoms with van der Waals surface area (Å²) in [6, 6.07) is 21.9. The number of pyridine rings is 1. The first-order chi connectivity index (χ1) is 12.3. The molecule has 4 rings (SSSR count). The predicted octanol–water partition coefficient (Wildman–Crippen LogP) is 3.32. The van der Waals surface area contributed by atoms with E-state index in [4.69, 9.17) is 15.6 Å². The van der Waals surface area contributed by atoms with Gasteiger partial charge in [-0.1, -0.05) is 54.6 Å². The minimum absolute atomic E-state index is 0.376. The van der Waals surface area contributed by atoms with Gasteiger partial charge in [0.15, 0.2) is 0 Å². The zero-order chi connectivity index (χ0) is 17.2. The minimum Gasteiger partial charge on any atom is -0.481 e. The number of benzene rings is 2. The zero-order valence-corrected chi connectivity index (χ0v) is 13.8. The summed E-state index contributed by atoms with van der Waals surface area (Å²) in [5.74, 6) is 0.557. The first kappa shape index (κ1) is 15.4. The van der Waals surface area contributed by atoms with Crippen LogP contribution < -0.4 is 15.5 Å². The Morgan fingerprint density at radius 2 is 1.72 bits per heavy atom. The fourth-order valence-corrected chi connectivity index (χ4v) is 2.98. The molecule has 25 heavy (non-hydrogen) atoms. The summed E-state index contributed by atoms with van der Waals surface area (Å²) in [4.78, 5) is 4.27. The molecular formula is C20H18N4O. The molecule has 2 heterocycles. The molecule has 0 saturated carbocycles. The lowest BCUT2D eigenvalue weighted by molar-refractivity contribution is 0.398. The number of rotatable bonds is 3. The summed E-state index contributed by atoms with van der Waals surface area (Å²) < 4.78 is 5.13. The van der Waals surface area contributed by atoms with Crippen LogP contribution >= 0.6 is 0 Å². The Morgan fingerprint density at radius 1 is 0.960 bits per heavy atom. The molecule has 0 saturated heterocycles. The fraction of sp³-hybridized carbons (Fsp3) is 0.100. The Bertz CT molecular complexity index is 906. The smallest absolute Gasteiger partial charge is 0.213 e. The number of aromatic nitrogens is 1. The average molecular weight is 330 g/mol. The van der Waals surface area contributed by atoms with Crippen molar-refractivity contribution in [2.75, 3.05) is 12.1 Å². The standard InChI is InChI=1S/C20H18N4O/c1-25-18-12-11-15(13-22-18)24-20(21)17-10-6-5-9-16(17)19(23-24)14-7-3-2-4-8-14/h2-13,20H,21H2,1H3. The Balaban J connectivity index is 1.85. The van der Waals surface area contributed by atoms with Crippen molar-refractivity contribution in [1.29, 1.82) is 0 Å². The molecular weight excluding hydrogens is 312 g/mol. The molecule has 0 fully saturated rings. The van der Waals surface area contributed by atoms with Gasteiger partial charge in [-0.15, -0.1) is 0 Å². The van der Waals surface area contributed by atoms with Crippen molar-refractivity contribution in [1.82, 2.24) is 4.98 Å². The third kappa shape index (κ3) is 2.75. The molecule has 124 valence electrons. The van der Waals surface area contributed by atoms with Gasteiger partial charge in [0.2, 0.25) is 5.88 Å². The molecule has 1 aromatic heterocycles. The van der Waals surface area contributed by atoms with Gasteiger partial charge in [-0.05, 0) is 6.07 Å². The highest BCUT2D eigenvalue weighted by Gasteiger charge is 2.27. The Hall–Kier alpha value is -3.18. The summed E-state index contributed by atoms with van der Waals surface area (Å²) in [6.45, 7) is 0. The Labute approximate surface area is 146 Å². The quantitative estimate of drug-likeness (QED) is 0.800. The van der Waals surface area contributed by atoms with Gasteiger partial charge >= 0.3 is 0 Å². The van der Waals surface area contributed by atoms with Crippen LogP contribution in [0.2, 0.25) is 0 Å². The number of ether oxygens (including phenoxy) is 1. The molecule has 3 aromatic rings. The lowest BCUT2D eigenvalue weighted by Crippen LogP contribution is -2.36. The van der Waals surface area contributed by atoms with Crippen LogP contribution in [0.25, 0.3) is 0 Å². The van der Waals surface area contributed by atoms with Gasteiger partial charge in [0, 0.05) is 22.8 Å². The van der Waals surface area contributed by atoms with E-state index >= 15 is 0 Å². The molecule has 5 nitrogen and oxygen atoms in total. The molecule has 0 bridgehead atoms. The topological polar surface area (TPSA) is 63.7 Å². The van der Waals surface area contributed by atoms with Gasteiger partial charge in [0.05, 0.1) is 24.7 Å². The number of methoxy groups -OCH3 is 1. The van der Waals surface area contributed by atoms with Crippen LogP contribution in [-0.2, 0) is 0 Å². The van der Waals surface area contributed by atoms with E-state index < -0.39 is 0 Å². The molecule has 1 unspecified atom stereocenters. The lowest BCUT2D eigenvalue weighted by atomic mass is 9.94. The van der Waals surface area contributed by atoms with Crippen molar-refractivity contribution in [2.45, 2.75) is 6.17 Å². The van der Waals surface area contributed by atoms with Gasteiger partial charge in [0.25, 0.3) is 0 Å². The van der Waals surface area contributed by atoms with E-state index in [2.05, 4.69) is 23.2 Å². The van der Waals surface area contributed by atoms with E-state index in [1.165, 1.54) is 0 Å². The van der Waals surface area contributed by atoms with Crippen LogP contribution in [0.3, 0.4) is 0 Å². The van der Waals surface area contributed by atoms with Crippen molar-refractivity contribution in [3.63, 3.8) is 0 Å². The second-order valence-electron chi connectivity index (χ2n) is 5.75. The first-order valence-electron chi connectivity index (χ1n) is 8.06. The lowest BCUT2D eigenvalue weighted by Gasteiger charge is -2.33. The van der Waals surface area contributed by atoms with Crippen molar-refractivity contribution in [2.24, 2.45) is 10.8 Å². The van der Waals surface area contributed by atoms with E-state index in [0.29, 0.717) is 5.88 Å². The van der Waals surface area contributed by atoms with Gasteiger partial charge in [-0.2, -0.15) is 5.10 Å². The third-order valence-corrected chi connectivity index (χ3v) is 4.25. The van der Waals surface area contributed by atoms with E-state index in [0.717, 1.165) is 28.1 Å². The van der Waals surface area contributed by atoms with E-state index in [-0.39, 0.29) is 6.17 Å². The van der Waals surface area contributed by atoms with Crippen LogP contribution in [0.15, 0.2) is 78.0 Å². The first-order valence-corrected chi connectivity index (χ1v) is 8.06. The van der Waals surface area contributed by atoms with Gasteiger partial charge < -0.3 is 10.5 Å². The largest absolute Gasteiger partial charge is 0.481 e. The van der Waals surface area contributed by atoms with E-state index in [1.807, 2.05) is 42.5 Å². The SMILES string of the molecule is COc1ccc(N2N=C(c3ccccc3)c3ccccc3C2N)cn1. The second-order valence-corrected chi connectivity index (χ2v) is 5.75. The zero-order valence-electron chi connectivity index (χ0n) is 13.8. The van der Waals surface area contributed by atoms with Crippen molar-refractivity contribution >= 4 is 11.4 Å². The van der Waals surface area contributed by atoms with Gasteiger partial charge in [-0.3, -0.25) is 0 Å². The van der Waals surface area contributed by atoms with Crippen LogP contribution in [0.5, 0.6) is 5.88 Å². The number of nitrogens with zero attached hydrogens (tertiary/aromatic N) is 3. The molecule has 0 radical (unpaired) electrons. The van der Waals surface area contributed by atoms with Crippen molar-refractivity contribution in [3.8, 4) is 5.88 Å². The Morgan fingerprint density at radius 3 is 2.44 bits per heavy atom.